The van der Waals surface area contributed by atoms with E-state index in [0.717, 1.165) is 18.4 Å². The van der Waals surface area contributed by atoms with Crippen LogP contribution in [0, 0.1) is 6.92 Å². The Balaban J connectivity index is 1.55. The molecule has 0 saturated carbocycles. The molecule has 138 valence electrons. The molecular weight excluding hydrogens is 326 g/mol. The van der Waals surface area contributed by atoms with E-state index < -0.39 is 0 Å². The summed E-state index contributed by atoms with van der Waals surface area (Å²) in [6, 6.07) is 15.6. The van der Waals surface area contributed by atoms with Gasteiger partial charge in [0.2, 0.25) is 0 Å². The fraction of sp³-hybridized carbons (Fsp3) is 0.409. The first kappa shape index (κ1) is 18.3. The summed E-state index contributed by atoms with van der Waals surface area (Å²) >= 11 is 0. The van der Waals surface area contributed by atoms with Crippen molar-refractivity contribution in [1.82, 2.24) is 4.90 Å². The number of benzene rings is 2. The maximum atomic E-state index is 12.3. The van der Waals surface area contributed by atoms with Gasteiger partial charge in [-0.05, 0) is 55.9 Å². The molecule has 1 saturated heterocycles. The quantitative estimate of drug-likeness (QED) is 0.780. The van der Waals surface area contributed by atoms with E-state index in [1.165, 1.54) is 11.1 Å². The van der Waals surface area contributed by atoms with Crippen LogP contribution in [0.1, 0.15) is 55.3 Å². The fourth-order valence-corrected chi connectivity index (χ4v) is 3.44. The van der Waals surface area contributed by atoms with Gasteiger partial charge < -0.3 is 9.84 Å². The predicted molar refractivity (Wildman–Crippen MR) is 102 cm³/mol. The maximum absolute atomic E-state index is 12.3. The third-order valence-electron chi connectivity index (χ3n) is 5.31. The Labute approximate surface area is 155 Å². The van der Waals surface area contributed by atoms with Gasteiger partial charge in [0, 0.05) is 0 Å². The second-order valence-corrected chi connectivity index (χ2v) is 7.31. The number of cyclic esters (lactones) is 1. The van der Waals surface area contributed by atoms with Crippen molar-refractivity contribution >= 4 is 6.09 Å². The molecule has 1 fully saturated rings. The number of aromatic hydroxyl groups is 1. The van der Waals surface area contributed by atoms with Gasteiger partial charge in [0.05, 0.1) is 12.6 Å². The van der Waals surface area contributed by atoms with E-state index in [1.807, 2.05) is 19.1 Å². The molecule has 4 nitrogen and oxygen atoms in total. The second kappa shape index (κ2) is 7.81. The Morgan fingerprint density at radius 3 is 2.35 bits per heavy atom. The van der Waals surface area contributed by atoms with Crippen LogP contribution in [0.15, 0.2) is 48.5 Å². The van der Waals surface area contributed by atoms with Crippen LogP contribution in [0.25, 0.3) is 0 Å². The van der Waals surface area contributed by atoms with Crippen molar-refractivity contribution in [2.24, 2.45) is 0 Å². The third-order valence-corrected chi connectivity index (χ3v) is 5.31. The zero-order chi connectivity index (χ0) is 18.7. The van der Waals surface area contributed by atoms with Crippen LogP contribution < -0.4 is 0 Å². The highest BCUT2D eigenvalue weighted by atomic mass is 16.6. The molecule has 1 heterocycles. The Kier molecular flexibility index (Phi) is 5.50. The summed E-state index contributed by atoms with van der Waals surface area (Å²) < 4.78 is 5.58. The molecule has 1 N–H and O–H groups in total. The summed E-state index contributed by atoms with van der Waals surface area (Å²) in [4.78, 5) is 14.0. The molecule has 1 amide bonds. The van der Waals surface area contributed by atoms with Crippen molar-refractivity contribution in [2.45, 2.75) is 51.7 Å². The van der Waals surface area contributed by atoms with Gasteiger partial charge in [-0.25, -0.2) is 4.79 Å². The molecule has 0 aliphatic carbocycles. The number of aryl methyl sites for hydroxylation is 1. The standard InChI is InChI=1S/C22H27NO3/c1-15-4-7-18(8-5-15)16(2)6-13-21-14-23(22(25)26-21)17(3)19-9-11-20(24)12-10-19/h4-5,7-12,16-17,21,24H,6,13-14H2,1-3H3/t16-,17+,21+/m1/s1. The number of amides is 1. The van der Waals surface area contributed by atoms with Crippen molar-refractivity contribution < 1.29 is 14.6 Å². The fourth-order valence-electron chi connectivity index (χ4n) is 3.44. The van der Waals surface area contributed by atoms with E-state index >= 15 is 0 Å². The van der Waals surface area contributed by atoms with E-state index in [9.17, 15) is 9.90 Å². The monoisotopic (exact) mass is 353 g/mol. The lowest BCUT2D eigenvalue weighted by atomic mass is 9.94. The molecule has 4 heteroatoms. The highest BCUT2D eigenvalue weighted by Crippen LogP contribution is 2.30. The molecule has 1 aliphatic rings. The smallest absolute Gasteiger partial charge is 0.410 e. The number of phenols is 1. The molecule has 0 bridgehead atoms. The van der Waals surface area contributed by atoms with Gasteiger partial charge in [0.25, 0.3) is 0 Å². The minimum absolute atomic E-state index is 0.0602. The molecule has 0 aromatic heterocycles. The van der Waals surface area contributed by atoms with Crippen LogP contribution in [-0.2, 0) is 4.74 Å². The summed E-state index contributed by atoms with van der Waals surface area (Å²) in [5.41, 5.74) is 3.59. The van der Waals surface area contributed by atoms with Crippen LogP contribution in [0.5, 0.6) is 5.75 Å². The average molecular weight is 353 g/mol. The highest BCUT2D eigenvalue weighted by Gasteiger charge is 2.34. The van der Waals surface area contributed by atoms with E-state index in [1.54, 1.807) is 17.0 Å². The van der Waals surface area contributed by atoms with Gasteiger partial charge in [0.1, 0.15) is 11.9 Å². The third kappa shape index (κ3) is 4.18. The van der Waals surface area contributed by atoms with Gasteiger partial charge in [0.15, 0.2) is 0 Å². The molecule has 26 heavy (non-hydrogen) atoms. The van der Waals surface area contributed by atoms with Crippen LogP contribution >= 0.6 is 0 Å². The van der Waals surface area contributed by atoms with E-state index in [0.29, 0.717) is 12.5 Å². The van der Waals surface area contributed by atoms with Crippen molar-refractivity contribution in [3.8, 4) is 5.75 Å². The lowest BCUT2D eigenvalue weighted by Gasteiger charge is -2.22. The van der Waals surface area contributed by atoms with Gasteiger partial charge in [-0.3, -0.25) is 4.90 Å². The van der Waals surface area contributed by atoms with Crippen molar-refractivity contribution in [3.05, 3.63) is 65.2 Å². The van der Waals surface area contributed by atoms with Crippen molar-refractivity contribution in [2.75, 3.05) is 6.54 Å². The largest absolute Gasteiger partial charge is 0.508 e. The van der Waals surface area contributed by atoms with Gasteiger partial charge in [-0.1, -0.05) is 48.9 Å². The van der Waals surface area contributed by atoms with E-state index in [2.05, 4.69) is 38.1 Å². The number of phenolic OH excluding ortho intramolecular Hbond substituents is 1. The Morgan fingerprint density at radius 1 is 1.08 bits per heavy atom. The average Bonchev–Trinajstić information content (AvgIpc) is 3.01. The predicted octanol–water partition coefficient (Wildman–Crippen LogP) is 5.17. The first-order valence-corrected chi connectivity index (χ1v) is 9.27. The molecule has 0 spiro atoms. The van der Waals surface area contributed by atoms with Crippen molar-refractivity contribution in [1.29, 1.82) is 0 Å². The number of ether oxygens (including phenoxy) is 1. The minimum Gasteiger partial charge on any atom is -0.508 e. The van der Waals surface area contributed by atoms with Crippen LogP contribution in [0.2, 0.25) is 0 Å². The summed E-state index contributed by atoms with van der Waals surface area (Å²) in [6.45, 7) is 6.92. The number of nitrogens with zero attached hydrogens (tertiary/aromatic N) is 1. The second-order valence-electron chi connectivity index (χ2n) is 7.31. The maximum Gasteiger partial charge on any atom is 0.410 e. The van der Waals surface area contributed by atoms with Gasteiger partial charge in [-0.15, -0.1) is 0 Å². The first-order valence-electron chi connectivity index (χ1n) is 9.27. The highest BCUT2D eigenvalue weighted by molar-refractivity contribution is 5.70. The molecule has 1 aliphatic heterocycles. The Bertz CT molecular complexity index is 739. The molecule has 2 aromatic rings. The topological polar surface area (TPSA) is 49.8 Å². The van der Waals surface area contributed by atoms with E-state index in [4.69, 9.17) is 4.74 Å². The molecule has 0 unspecified atom stereocenters. The van der Waals surface area contributed by atoms with Gasteiger partial charge >= 0.3 is 6.09 Å². The lowest BCUT2D eigenvalue weighted by molar-refractivity contribution is 0.124. The molecule has 0 radical (unpaired) electrons. The Morgan fingerprint density at radius 2 is 1.69 bits per heavy atom. The summed E-state index contributed by atoms with van der Waals surface area (Å²) in [5.74, 6) is 0.672. The number of hydrogen-bond acceptors (Lipinski definition) is 3. The Hall–Kier alpha value is -2.49. The molecular formula is C22H27NO3. The summed E-state index contributed by atoms with van der Waals surface area (Å²) in [5, 5.41) is 9.42. The zero-order valence-corrected chi connectivity index (χ0v) is 15.7. The van der Waals surface area contributed by atoms with Crippen LogP contribution in [0.4, 0.5) is 4.79 Å². The lowest BCUT2D eigenvalue weighted by Crippen LogP contribution is -2.28. The first-order chi connectivity index (χ1) is 12.4. The summed E-state index contributed by atoms with van der Waals surface area (Å²) in [7, 11) is 0. The number of hydrogen-bond donors (Lipinski definition) is 1. The molecule has 3 atom stereocenters. The van der Waals surface area contributed by atoms with Gasteiger partial charge in [-0.2, -0.15) is 0 Å². The van der Waals surface area contributed by atoms with Crippen molar-refractivity contribution in [3.63, 3.8) is 0 Å². The minimum atomic E-state index is -0.251. The van der Waals surface area contributed by atoms with E-state index in [-0.39, 0.29) is 24.0 Å². The molecule has 3 rings (SSSR count). The summed E-state index contributed by atoms with van der Waals surface area (Å²) in [6.07, 6.45) is 1.54. The normalized spacial score (nSPS) is 19.3. The molecule has 2 aromatic carbocycles. The number of carbonyl (C=O) groups is 1. The number of rotatable bonds is 6. The van der Waals surface area contributed by atoms with Crippen LogP contribution in [-0.4, -0.2) is 28.7 Å². The zero-order valence-electron chi connectivity index (χ0n) is 15.7. The SMILES string of the molecule is Cc1ccc([C@H](C)CC[C@H]2CN([C@@H](C)c3ccc(O)cc3)C(=O)O2)cc1. The van der Waals surface area contributed by atoms with Crippen LogP contribution in [0.3, 0.4) is 0 Å². The number of carbonyl (C=O) groups excluding carboxylic acids is 1.